The van der Waals surface area contributed by atoms with E-state index < -0.39 is 0 Å². The minimum atomic E-state index is 0.0339. The van der Waals surface area contributed by atoms with Crippen LogP contribution in [0, 0.1) is 11.8 Å². The van der Waals surface area contributed by atoms with Gasteiger partial charge in [-0.3, -0.25) is 4.79 Å². The lowest BCUT2D eigenvalue weighted by Gasteiger charge is -2.34. The van der Waals surface area contributed by atoms with Crippen molar-refractivity contribution in [1.82, 2.24) is 20.2 Å². The van der Waals surface area contributed by atoms with Crippen molar-refractivity contribution in [3.63, 3.8) is 0 Å². The third-order valence-corrected chi connectivity index (χ3v) is 6.60. The maximum Gasteiger partial charge on any atom is 0.230 e. The van der Waals surface area contributed by atoms with Crippen molar-refractivity contribution in [2.45, 2.75) is 44.3 Å². The summed E-state index contributed by atoms with van der Waals surface area (Å²) in [7, 11) is 0. The number of hydrogen-bond donors (Lipinski definition) is 2. The molecule has 2 aromatic heterocycles. The Hall–Kier alpha value is -1.54. The first-order valence-electron chi connectivity index (χ1n) is 8.22. The fourth-order valence-corrected chi connectivity index (χ4v) is 4.49. The SMILES string of the molecule is C[C@@H]1[C@H](C)CCC[C@H]1NC(=O)CSc1nnc(-c2cccs2)n1N. The number of nitrogen functional groups attached to an aromatic ring is 1. The molecule has 0 radical (unpaired) electrons. The number of aromatic nitrogens is 3. The summed E-state index contributed by atoms with van der Waals surface area (Å²) in [5, 5.41) is 13.9. The number of thiophene rings is 1. The molecule has 0 bridgehead atoms. The van der Waals surface area contributed by atoms with Crippen LogP contribution in [0.4, 0.5) is 0 Å². The Labute approximate surface area is 150 Å². The summed E-state index contributed by atoms with van der Waals surface area (Å²) in [6.07, 6.45) is 3.51. The molecule has 3 N–H and O–H groups in total. The van der Waals surface area contributed by atoms with E-state index >= 15 is 0 Å². The van der Waals surface area contributed by atoms with E-state index in [4.69, 9.17) is 5.84 Å². The number of carbonyl (C=O) groups excluding carboxylic acids is 1. The second kappa shape index (κ2) is 7.57. The molecule has 3 rings (SSSR count). The minimum Gasteiger partial charge on any atom is -0.352 e. The van der Waals surface area contributed by atoms with Crippen LogP contribution in [0.5, 0.6) is 0 Å². The maximum absolute atomic E-state index is 12.3. The first kappa shape index (κ1) is 17.3. The molecular weight excluding hydrogens is 342 g/mol. The number of nitrogens with one attached hydrogen (secondary N) is 1. The average molecular weight is 366 g/mol. The van der Waals surface area contributed by atoms with Crippen molar-refractivity contribution < 1.29 is 4.79 Å². The predicted molar refractivity (Wildman–Crippen MR) is 98.3 cm³/mol. The van der Waals surface area contributed by atoms with E-state index in [0.29, 0.717) is 28.6 Å². The van der Waals surface area contributed by atoms with Gasteiger partial charge in [-0.05, 0) is 29.7 Å². The first-order chi connectivity index (χ1) is 11.6. The zero-order valence-corrected chi connectivity index (χ0v) is 15.6. The van der Waals surface area contributed by atoms with Crippen LogP contribution >= 0.6 is 23.1 Å². The van der Waals surface area contributed by atoms with Crippen LogP contribution in [0.3, 0.4) is 0 Å². The number of thioether (sulfide) groups is 1. The van der Waals surface area contributed by atoms with Gasteiger partial charge < -0.3 is 11.2 Å². The van der Waals surface area contributed by atoms with Gasteiger partial charge in [0.2, 0.25) is 11.1 Å². The van der Waals surface area contributed by atoms with Gasteiger partial charge in [-0.15, -0.1) is 21.5 Å². The number of amides is 1. The van der Waals surface area contributed by atoms with Crippen LogP contribution in [0.2, 0.25) is 0 Å². The van der Waals surface area contributed by atoms with E-state index in [1.165, 1.54) is 29.3 Å². The largest absolute Gasteiger partial charge is 0.352 e. The van der Waals surface area contributed by atoms with E-state index in [-0.39, 0.29) is 11.9 Å². The van der Waals surface area contributed by atoms with Crippen molar-refractivity contribution in [3.8, 4) is 10.7 Å². The number of nitrogens with zero attached hydrogens (tertiary/aromatic N) is 3. The summed E-state index contributed by atoms with van der Waals surface area (Å²) < 4.78 is 1.45. The molecule has 0 saturated heterocycles. The molecule has 0 aliphatic heterocycles. The van der Waals surface area contributed by atoms with Gasteiger partial charge in [-0.2, -0.15) is 0 Å². The highest BCUT2D eigenvalue weighted by Gasteiger charge is 2.28. The van der Waals surface area contributed by atoms with Gasteiger partial charge >= 0.3 is 0 Å². The van der Waals surface area contributed by atoms with Gasteiger partial charge in [0.1, 0.15) is 0 Å². The van der Waals surface area contributed by atoms with Crippen molar-refractivity contribution >= 4 is 29.0 Å². The number of carbonyl (C=O) groups is 1. The Balaban J connectivity index is 1.55. The Morgan fingerprint density at radius 3 is 3.04 bits per heavy atom. The lowest BCUT2D eigenvalue weighted by molar-refractivity contribution is -0.120. The lowest BCUT2D eigenvalue weighted by Crippen LogP contribution is -2.44. The van der Waals surface area contributed by atoms with Crippen LogP contribution < -0.4 is 11.2 Å². The molecule has 2 heterocycles. The summed E-state index contributed by atoms with van der Waals surface area (Å²) in [5.41, 5.74) is 0. The standard InChI is InChI=1S/C16H23N5OS2/c1-10-5-3-6-12(11(10)2)18-14(22)9-24-16-20-19-15(21(16)17)13-7-4-8-23-13/h4,7-8,10-12H,3,5-6,9,17H2,1-2H3,(H,18,22)/t10-,11-,12-/m1/s1. The minimum absolute atomic E-state index is 0.0339. The fraction of sp³-hybridized carbons (Fsp3) is 0.562. The molecule has 1 aliphatic carbocycles. The smallest absolute Gasteiger partial charge is 0.230 e. The van der Waals surface area contributed by atoms with Gasteiger partial charge in [-0.25, -0.2) is 4.68 Å². The summed E-state index contributed by atoms with van der Waals surface area (Å²) in [4.78, 5) is 13.2. The number of rotatable bonds is 5. The van der Waals surface area contributed by atoms with Crippen molar-refractivity contribution in [2.24, 2.45) is 11.8 Å². The topological polar surface area (TPSA) is 85.8 Å². The maximum atomic E-state index is 12.3. The monoisotopic (exact) mass is 365 g/mol. The quantitative estimate of drug-likeness (QED) is 0.628. The summed E-state index contributed by atoms with van der Waals surface area (Å²) in [6, 6.07) is 4.17. The zero-order chi connectivity index (χ0) is 17.1. The molecule has 2 aromatic rings. The van der Waals surface area contributed by atoms with Crippen LogP contribution in [-0.2, 0) is 4.79 Å². The van der Waals surface area contributed by atoms with Gasteiger partial charge in [0.15, 0.2) is 5.82 Å². The molecule has 0 aromatic carbocycles. The first-order valence-corrected chi connectivity index (χ1v) is 10.1. The normalized spacial score (nSPS) is 24.0. The fourth-order valence-electron chi connectivity index (χ4n) is 3.11. The molecule has 3 atom stereocenters. The molecule has 24 heavy (non-hydrogen) atoms. The Bertz CT molecular complexity index is 685. The molecule has 1 aliphatic rings. The average Bonchev–Trinajstić information content (AvgIpc) is 3.19. The molecule has 0 unspecified atom stereocenters. The van der Waals surface area contributed by atoms with E-state index in [2.05, 4.69) is 29.4 Å². The van der Waals surface area contributed by atoms with Gasteiger partial charge in [0.05, 0.1) is 10.6 Å². The summed E-state index contributed by atoms with van der Waals surface area (Å²) >= 11 is 2.88. The highest BCUT2D eigenvalue weighted by molar-refractivity contribution is 7.99. The third kappa shape index (κ3) is 3.75. The number of nitrogens with two attached hydrogens (primary N) is 1. The molecule has 6 nitrogen and oxygen atoms in total. The Kier molecular flexibility index (Phi) is 5.45. The summed E-state index contributed by atoms with van der Waals surface area (Å²) in [5.74, 6) is 8.20. The Morgan fingerprint density at radius 2 is 2.29 bits per heavy atom. The summed E-state index contributed by atoms with van der Waals surface area (Å²) in [6.45, 7) is 4.49. The van der Waals surface area contributed by atoms with Gasteiger partial charge in [0, 0.05) is 6.04 Å². The lowest BCUT2D eigenvalue weighted by atomic mass is 9.78. The van der Waals surface area contributed by atoms with E-state index in [0.717, 1.165) is 11.3 Å². The van der Waals surface area contributed by atoms with Crippen LogP contribution in [-0.4, -0.2) is 32.6 Å². The van der Waals surface area contributed by atoms with E-state index in [9.17, 15) is 4.79 Å². The van der Waals surface area contributed by atoms with Crippen molar-refractivity contribution in [3.05, 3.63) is 17.5 Å². The van der Waals surface area contributed by atoms with Crippen LogP contribution in [0.25, 0.3) is 10.7 Å². The van der Waals surface area contributed by atoms with Gasteiger partial charge in [0.25, 0.3) is 0 Å². The second-order valence-corrected chi connectivity index (χ2v) is 8.27. The predicted octanol–water partition coefficient (Wildman–Crippen LogP) is 2.75. The molecule has 8 heteroatoms. The highest BCUT2D eigenvalue weighted by Crippen LogP contribution is 2.30. The van der Waals surface area contributed by atoms with Crippen molar-refractivity contribution in [2.75, 3.05) is 11.6 Å². The third-order valence-electron chi connectivity index (χ3n) is 4.79. The molecule has 1 amide bonds. The number of hydrogen-bond acceptors (Lipinski definition) is 6. The van der Waals surface area contributed by atoms with Crippen LogP contribution in [0.1, 0.15) is 33.1 Å². The molecule has 1 fully saturated rings. The highest BCUT2D eigenvalue weighted by atomic mass is 32.2. The second-order valence-electron chi connectivity index (χ2n) is 6.38. The molecular formula is C16H23N5OS2. The van der Waals surface area contributed by atoms with Crippen LogP contribution in [0.15, 0.2) is 22.7 Å². The molecule has 1 saturated carbocycles. The van der Waals surface area contributed by atoms with E-state index in [1.54, 1.807) is 11.3 Å². The molecule has 0 spiro atoms. The van der Waals surface area contributed by atoms with E-state index in [1.807, 2.05) is 17.5 Å². The Morgan fingerprint density at radius 1 is 1.46 bits per heavy atom. The van der Waals surface area contributed by atoms with Gasteiger partial charge in [-0.1, -0.05) is 44.5 Å². The molecule has 130 valence electrons. The zero-order valence-electron chi connectivity index (χ0n) is 13.9. The van der Waals surface area contributed by atoms with Crippen molar-refractivity contribution in [1.29, 1.82) is 0 Å².